The fourth-order valence-corrected chi connectivity index (χ4v) is 3.24. The summed E-state index contributed by atoms with van der Waals surface area (Å²) in [6, 6.07) is 7.93. The molecule has 108 valence electrons. The molecule has 4 heteroatoms. The molecule has 1 aliphatic rings. The molecule has 2 N–H and O–H groups in total. The van der Waals surface area contributed by atoms with Crippen molar-refractivity contribution in [2.24, 2.45) is 5.92 Å². The second-order valence-corrected chi connectivity index (χ2v) is 6.00. The van der Waals surface area contributed by atoms with Crippen molar-refractivity contribution in [3.8, 4) is 0 Å². The second-order valence-electron chi connectivity index (χ2n) is 5.66. The number of hydrogen-bond donors (Lipinski definition) is 2. The molecular formula is C16H20ClNO2. The highest BCUT2D eigenvalue weighted by Crippen LogP contribution is 2.29. The molecule has 0 saturated heterocycles. The second kappa shape index (κ2) is 6.17. The summed E-state index contributed by atoms with van der Waals surface area (Å²) in [6.07, 6.45) is 3.99. The molecule has 1 saturated carbocycles. The topological polar surface area (TPSA) is 45.4 Å². The zero-order chi connectivity index (χ0) is 13.9. The van der Waals surface area contributed by atoms with Gasteiger partial charge >= 0.3 is 0 Å². The van der Waals surface area contributed by atoms with Gasteiger partial charge in [0.15, 0.2) is 5.22 Å². The Morgan fingerprint density at radius 2 is 1.95 bits per heavy atom. The number of halogens is 1. The van der Waals surface area contributed by atoms with Gasteiger partial charge < -0.3 is 14.8 Å². The molecule has 0 radical (unpaired) electrons. The lowest BCUT2D eigenvalue weighted by Gasteiger charge is -2.25. The van der Waals surface area contributed by atoms with Gasteiger partial charge in [-0.15, -0.1) is 0 Å². The highest BCUT2D eigenvalue weighted by Gasteiger charge is 2.19. The molecule has 0 spiro atoms. The van der Waals surface area contributed by atoms with E-state index in [1.165, 1.54) is 0 Å². The average molecular weight is 294 g/mol. The van der Waals surface area contributed by atoms with Crippen molar-refractivity contribution in [3.63, 3.8) is 0 Å². The van der Waals surface area contributed by atoms with Crippen LogP contribution in [0.15, 0.2) is 28.7 Å². The summed E-state index contributed by atoms with van der Waals surface area (Å²) in [6.45, 7) is 1.71. The summed E-state index contributed by atoms with van der Waals surface area (Å²) in [5.74, 6) is 0.662. The van der Waals surface area contributed by atoms with Crippen LogP contribution in [0, 0.1) is 5.92 Å². The van der Waals surface area contributed by atoms with Crippen LogP contribution in [-0.2, 0) is 6.54 Å². The lowest BCUT2D eigenvalue weighted by atomic mass is 9.87. The first-order valence-corrected chi connectivity index (χ1v) is 7.66. The number of furan rings is 1. The molecule has 2 aromatic rings. The first-order valence-electron chi connectivity index (χ1n) is 7.28. The van der Waals surface area contributed by atoms with Crippen LogP contribution >= 0.6 is 11.6 Å². The van der Waals surface area contributed by atoms with Crippen LogP contribution in [0.2, 0.25) is 5.22 Å². The molecule has 1 aromatic carbocycles. The van der Waals surface area contributed by atoms with E-state index >= 15 is 0 Å². The molecule has 0 bridgehead atoms. The summed E-state index contributed by atoms with van der Waals surface area (Å²) in [5.41, 5.74) is 1.88. The van der Waals surface area contributed by atoms with E-state index in [4.69, 9.17) is 16.0 Å². The Balaban J connectivity index is 1.59. The van der Waals surface area contributed by atoms with Crippen molar-refractivity contribution in [2.75, 3.05) is 6.54 Å². The molecule has 1 aromatic heterocycles. The van der Waals surface area contributed by atoms with Crippen LogP contribution in [0.1, 0.15) is 31.2 Å². The number of benzene rings is 1. The number of nitrogens with one attached hydrogen (secondary N) is 1. The van der Waals surface area contributed by atoms with E-state index in [0.717, 1.165) is 55.3 Å². The van der Waals surface area contributed by atoms with Gasteiger partial charge in [-0.25, -0.2) is 0 Å². The minimum absolute atomic E-state index is 0.0847. The highest BCUT2D eigenvalue weighted by atomic mass is 35.5. The highest BCUT2D eigenvalue weighted by molar-refractivity contribution is 6.30. The molecule has 20 heavy (non-hydrogen) atoms. The first kappa shape index (κ1) is 13.9. The van der Waals surface area contributed by atoms with Crippen LogP contribution in [-0.4, -0.2) is 17.8 Å². The third-order valence-corrected chi connectivity index (χ3v) is 4.51. The first-order chi connectivity index (χ1) is 9.74. The minimum Gasteiger partial charge on any atom is -0.444 e. The van der Waals surface area contributed by atoms with E-state index in [0.29, 0.717) is 11.1 Å². The molecule has 1 heterocycles. The Kier molecular flexibility index (Phi) is 4.29. The maximum atomic E-state index is 9.51. The van der Waals surface area contributed by atoms with Gasteiger partial charge in [0.1, 0.15) is 5.58 Å². The lowest BCUT2D eigenvalue weighted by molar-refractivity contribution is 0.108. The smallest absolute Gasteiger partial charge is 0.199 e. The lowest BCUT2D eigenvalue weighted by Crippen LogP contribution is -2.27. The van der Waals surface area contributed by atoms with Gasteiger partial charge in [0, 0.05) is 17.5 Å². The quantitative estimate of drug-likeness (QED) is 0.903. The fraction of sp³-hybridized carbons (Fsp3) is 0.500. The Bertz CT molecular complexity index is 573. The molecule has 0 amide bonds. The largest absolute Gasteiger partial charge is 0.444 e. The van der Waals surface area contributed by atoms with Gasteiger partial charge in [-0.05, 0) is 55.8 Å². The van der Waals surface area contributed by atoms with Crippen LogP contribution in [0.25, 0.3) is 11.0 Å². The zero-order valence-electron chi connectivity index (χ0n) is 11.4. The van der Waals surface area contributed by atoms with E-state index in [1.807, 2.05) is 24.3 Å². The SMILES string of the molecule is OC1CCC(CNCc2c(Cl)oc3ccccc23)CC1. The van der Waals surface area contributed by atoms with Gasteiger partial charge in [-0.2, -0.15) is 0 Å². The van der Waals surface area contributed by atoms with Crippen LogP contribution < -0.4 is 5.32 Å². The van der Waals surface area contributed by atoms with Crippen molar-refractivity contribution in [3.05, 3.63) is 35.0 Å². The predicted molar refractivity (Wildman–Crippen MR) is 80.9 cm³/mol. The number of aliphatic hydroxyl groups excluding tert-OH is 1. The van der Waals surface area contributed by atoms with E-state index in [9.17, 15) is 5.11 Å². The number of para-hydroxylation sites is 1. The van der Waals surface area contributed by atoms with Gasteiger partial charge in [0.2, 0.25) is 0 Å². The average Bonchev–Trinajstić information content (AvgIpc) is 2.77. The van der Waals surface area contributed by atoms with Crippen LogP contribution in [0.5, 0.6) is 0 Å². The maximum absolute atomic E-state index is 9.51. The molecule has 0 atom stereocenters. The third kappa shape index (κ3) is 3.00. The van der Waals surface area contributed by atoms with Gasteiger partial charge in [0.05, 0.1) is 6.10 Å². The predicted octanol–water partition coefficient (Wildman–Crippen LogP) is 3.73. The molecule has 0 unspecified atom stereocenters. The molecule has 0 aliphatic heterocycles. The van der Waals surface area contributed by atoms with E-state index in [1.54, 1.807) is 0 Å². The number of aliphatic hydroxyl groups is 1. The maximum Gasteiger partial charge on any atom is 0.199 e. The van der Waals surface area contributed by atoms with E-state index in [2.05, 4.69) is 5.32 Å². The third-order valence-electron chi connectivity index (χ3n) is 4.20. The van der Waals surface area contributed by atoms with Gasteiger partial charge in [0.25, 0.3) is 0 Å². The van der Waals surface area contributed by atoms with Crippen molar-refractivity contribution in [1.29, 1.82) is 0 Å². The van der Waals surface area contributed by atoms with Crippen molar-refractivity contribution in [1.82, 2.24) is 5.32 Å². The van der Waals surface area contributed by atoms with Gasteiger partial charge in [-0.1, -0.05) is 18.2 Å². The Morgan fingerprint density at radius 1 is 1.20 bits per heavy atom. The summed E-state index contributed by atoms with van der Waals surface area (Å²) in [7, 11) is 0. The summed E-state index contributed by atoms with van der Waals surface area (Å²) >= 11 is 6.17. The van der Waals surface area contributed by atoms with Crippen LogP contribution in [0.3, 0.4) is 0 Å². The summed E-state index contributed by atoms with van der Waals surface area (Å²) in [5, 5.41) is 14.6. The molecule has 1 fully saturated rings. The molecule has 3 rings (SSSR count). The Labute approximate surface area is 123 Å². The standard InChI is InChI=1S/C16H20ClNO2/c17-16-14(13-3-1-2-4-15(13)20-16)10-18-9-11-5-7-12(19)8-6-11/h1-4,11-12,18-19H,5-10H2. The van der Waals surface area contributed by atoms with Crippen molar-refractivity contribution >= 4 is 22.6 Å². The Morgan fingerprint density at radius 3 is 2.75 bits per heavy atom. The zero-order valence-corrected chi connectivity index (χ0v) is 12.2. The molecular weight excluding hydrogens is 274 g/mol. The van der Waals surface area contributed by atoms with E-state index < -0.39 is 0 Å². The molecule has 3 nitrogen and oxygen atoms in total. The number of hydrogen-bond acceptors (Lipinski definition) is 3. The molecule has 1 aliphatic carbocycles. The van der Waals surface area contributed by atoms with E-state index in [-0.39, 0.29) is 6.10 Å². The number of rotatable bonds is 4. The Hall–Kier alpha value is -1.03. The normalized spacial score (nSPS) is 23.3. The number of fused-ring (bicyclic) bond motifs is 1. The van der Waals surface area contributed by atoms with Crippen molar-refractivity contribution in [2.45, 2.75) is 38.3 Å². The van der Waals surface area contributed by atoms with Crippen molar-refractivity contribution < 1.29 is 9.52 Å². The summed E-state index contributed by atoms with van der Waals surface area (Å²) in [4.78, 5) is 0. The fourth-order valence-electron chi connectivity index (χ4n) is 2.98. The van der Waals surface area contributed by atoms with Crippen LogP contribution in [0.4, 0.5) is 0 Å². The summed E-state index contributed by atoms with van der Waals surface area (Å²) < 4.78 is 5.55. The monoisotopic (exact) mass is 293 g/mol. The minimum atomic E-state index is -0.0847. The van der Waals surface area contributed by atoms with Gasteiger partial charge in [-0.3, -0.25) is 0 Å².